The van der Waals surface area contributed by atoms with E-state index in [0.717, 1.165) is 6.42 Å². The molecule has 0 spiro atoms. The molecule has 1 saturated carbocycles. The molecule has 0 radical (unpaired) electrons. The Morgan fingerprint density at radius 1 is 1.19 bits per heavy atom. The van der Waals surface area contributed by atoms with E-state index in [1.807, 2.05) is 36.1 Å². The van der Waals surface area contributed by atoms with Crippen molar-refractivity contribution in [2.75, 3.05) is 6.54 Å². The van der Waals surface area contributed by atoms with E-state index in [-0.39, 0.29) is 34.7 Å². The van der Waals surface area contributed by atoms with Crippen molar-refractivity contribution in [3.05, 3.63) is 42.0 Å². The molecule has 4 rings (SSSR count). The van der Waals surface area contributed by atoms with E-state index in [9.17, 15) is 14.4 Å². The van der Waals surface area contributed by atoms with Gasteiger partial charge in [-0.05, 0) is 37.3 Å². The second-order valence-electron chi connectivity index (χ2n) is 7.87. The third-order valence-electron chi connectivity index (χ3n) is 6.01. The third-order valence-corrected chi connectivity index (χ3v) is 7.25. The third kappa shape index (κ3) is 3.62. The van der Waals surface area contributed by atoms with Gasteiger partial charge in [0.05, 0.1) is 12.0 Å². The zero-order valence-corrected chi connectivity index (χ0v) is 16.4. The highest BCUT2D eigenvalue weighted by molar-refractivity contribution is 8.00. The van der Waals surface area contributed by atoms with Gasteiger partial charge in [-0.1, -0.05) is 31.2 Å². The summed E-state index contributed by atoms with van der Waals surface area (Å²) in [6, 6.07) is 10.0. The van der Waals surface area contributed by atoms with E-state index < -0.39 is 5.92 Å². The van der Waals surface area contributed by atoms with Crippen molar-refractivity contribution in [2.24, 2.45) is 11.8 Å². The van der Waals surface area contributed by atoms with Gasteiger partial charge in [-0.3, -0.25) is 14.4 Å². The highest BCUT2D eigenvalue weighted by Gasteiger charge is 2.44. The minimum atomic E-state index is -0.542. The van der Waals surface area contributed by atoms with E-state index in [4.69, 9.17) is 0 Å². The molecule has 2 fully saturated rings. The Labute approximate surface area is 164 Å². The molecule has 4 nitrogen and oxygen atoms in total. The van der Waals surface area contributed by atoms with Gasteiger partial charge in [0.1, 0.15) is 5.78 Å². The molecule has 2 aliphatic heterocycles. The number of benzene rings is 1. The van der Waals surface area contributed by atoms with Crippen LogP contribution >= 0.6 is 11.8 Å². The highest BCUT2D eigenvalue weighted by Crippen LogP contribution is 2.40. The van der Waals surface area contributed by atoms with Crippen LogP contribution in [0.15, 0.2) is 46.9 Å². The van der Waals surface area contributed by atoms with Crippen LogP contribution in [0.5, 0.6) is 0 Å². The first-order valence-corrected chi connectivity index (χ1v) is 10.7. The van der Waals surface area contributed by atoms with Crippen molar-refractivity contribution in [2.45, 2.75) is 55.2 Å². The fraction of sp³-hybridized carbons (Fsp3) is 0.500. The quantitative estimate of drug-likeness (QED) is 0.745. The van der Waals surface area contributed by atoms with E-state index in [2.05, 4.69) is 12.1 Å². The zero-order chi connectivity index (χ0) is 19.0. The number of nitrogens with zero attached hydrogens (tertiary/aromatic N) is 1. The Kier molecular flexibility index (Phi) is 5.22. The number of Topliss-reactive ketones (excluding diaryl/α,β-unsaturated/α-hetero) is 2. The van der Waals surface area contributed by atoms with Crippen molar-refractivity contribution in [1.29, 1.82) is 0 Å². The van der Waals surface area contributed by atoms with Gasteiger partial charge >= 0.3 is 0 Å². The summed E-state index contributed by atoms with van der Waals surface area (Å²) < 4.78 is 0. The topological polar surface area (TPSA) is 54.5 Å². The molecule has 1 aliphatic carbocycles. The number of amides is 1. The van der Waals surface area contributed by atoms with Crippen molar-refractivity contribution in [3.63, 3.8) is 0 Å². The normalized spacial score (nSPS) is 30.9. The monoisotopic (exact) mass is 383 g/mol. The maximum Gasteiger partial charge on any atom is 0.223 e. The van der Waals surface area contributed by atoms with E-state index in [1.54, 1.807) is 11.8 Å². The molecular weight excluding hydrogens is 358 g/mol. The van der Waals surface area contributed by atoms with Crippen LogP contribution in [0, 0.1) is 11.8 Å². The molecule has 1 aromatic carbocycles. The van der Waals surface area contributed by atoms with Gasteiger partial charge in [0, 0.05) is 35.1 Å². The molecule has 0 N–H and O–H groups in total. The lowest BCUT2D eigenvalue weighted by Crippen LogP contribution is -2.45. The second-order valence-corrected chi connectivity index (χ2v) is 9.24. The van der Waals surface area contributed by atoms with E-state index in [0.29, 0.717) is 37.8 Å². The van der Waals surface area contributed by atoms with Crippen LogP contribution in [-0.4, -0.2) is 40.2 Å². The van der Waals surface area contributed by atoms with Gasteiger partial charge in [0.2, 0.25) is 5.91 Å². The van der Waals surface area contributed by atoms with Crippen molar-refractivity contribution in [1.82, 2.24) is 4.90 Å². The Hall–Kier alpha value is -1.88. The molecule has 1 amide bonds. The van der Waals surface area contributed by atoms with Crippen molar-refractivity contribution < 1.29 is 14.4 Å². The predicted molar refractivity (Wildman–Crippen MR) is 105 cm³/mol. The zero-order valence-electron chi connectivity index (χ0n) is 15.6. The summed E-state index contributed by atoms with van der Waals surface area (Å²) in [5, 5.41) is 0.226. The number of carbonyl (C=O) groups excluding carboxylic acids is 3. The lowest BCUT2D eigenvalue weighted by atomic mass is 9.73. The van der Waals surface area contributed by atoms with Crippen molar-refractivity contribution in [3.8, 4) is 0 Å². The molecule has 3 aliphatic rings. The Balaban J connectivity index is 1.46. The molecular formula is C22H25NO3S. The molecule has 1 aromatic rings. The summed E-state index contributed by atoms with van der Waals surface area (Å²) in [5.74, 6) is -0.330. The summed E-state index contributed by atoms with van der Waals surface area (Å²) in [6.07, 6.45) is 5.22. The minimum absolute atomic E-state index is 0.0277. The van der Waals surface area contributed by atoms with Gasteiger partial charge in [0.25, 0.3) is 0 Å². The predicted octanol–water partition coefficient (Wildman–Crippen LogP) is 3.65. The van der Waals surface area contributed by atoms with Crippen LogP contribution < -0.4 is 0 Å². The number of fused-ring (bicyclic) bond motifs is 1. The molecule has 2 heterocycles. The van der Waals surface area contributed by atoms with Crippen LogP contribution in [0.2, 0.25) is 0 Å². The number of hydrogen-bond donors (Lipinski definition) is 0. The highest BCUT2D eigenvalue weighted by atomic mass is 32.2. The summed E-state index contributed by atoms with van der Waals surface area (Å²) in [7, 11) is 0. The van der Waals surface area contributed by atoms with Crippen LogP contribution in [0.25, 0.3) is 0 Å². The number of ketones is 2. The number of hydrogen-bond acceptors (Lipinski definition) is 4. The van der Waals surface area contributed by atoms with Crippen LogP contribution in [-0.2, 0) is 14.4 Å². The van der Waals surface area contributed by atoms with Gasteiger partial charge < -0.3 is 4.90 Å². The molecule has 0 aromatic heterocycles. The van der Waals surface area contributed by atoms with Gasteiger partial charge in [-0.25, -0.2) is 0 Å². The van der Waals surface area contributed by atoms with E-state index in [1.165, 1.54) is 4.90 Å². The fourth-order valence-corrected chi connectivity index (χ4v) is 6.11. The van der Waals surface area contributed by atoms with Gasteiger partial charge in [-0.15, -0.1) is 11.8 Å². The first-order chi connectivity index (χ1) is 13.0. The Morgan fingerprint density at radius 3 is 2.70 bits per heavy atom. The Bertz CT molecular complexity index is 788. The molecule has 0 bridgehead atoms. The average Bonchev–Trinajstić information content (AvgIpc) is 3.03. The lowest BCUT2D eigenvalue weighted by molar-refractivity contribution is -0.134. The van der Waals surface area contributed by atoms with Gasteiger partial charge in [0.15, 0.2) is 5.78 Å². The maximum absolute atomic E-state index is 13.3. The fourth-order valence-electron chi connectivity index (χ4n) is 4.77. The minimum Gasteiger partial charge on any atom is -0.335 e. The SMILES string of the molecule is C[C@H]1C[C@H](Sc2ccccc2)CC(=O)[C@@H]1C(=O)C1=CCCN2C(=O)CC[C@@H]12. The van der Waals surface area contributed by atoms with E-state index >= 15 is 0 Å². The molecule has 4 atom stereocenters. The van der Waals surface area contributed by atoms with Gasteiger partial charge in [-0.2, -0.15) is 0 Å². The molecule has 142 valence electrons. The largest absolute Gasteiger partial charge is 0.335 e. The number of rotatable bonds is 4. The standard InChI is InChI=1S/C22H25NO3S/c1-14-12-16(27-15-6-3-2-4-7-15)13-19(24)21(14)22(26)17-8-5-11-23-18(17)9-10-20(23)25/h2-4,6-8,14,16,18,21H,5,9-13H2,1H3/t14-,16-,18-,21+/m0/s1. The maximum atomic E-state index is 13.3. The first kappa shape index (κ1) is 18.5. The summed E-state index contributed by atoms with van der Waals surface area (Å²) in [6.45, 7) is 2.73. The van der Waals surface area contributed by atoms with Crippen molar-refractivity contribution >= 4 is 29.2 Å². The number of carbonyl (C=O) groups is 3. The molecule has 1 saturated heterocycles. The molecule has 27 heavy (non-hydrogen) atoms. The average molecular weight is 384 g/mol. The molecule has 0 unspecified atom stereocenters. The lowest BCUT2D eigenvalue weighted by Gasteiger charge is -2.35. The number of thioether (sulfide) groups is 1. The summed E-state index contributed by atoms with van der Waals surface area (Å²) in [5.41, 5.74) is 0.714. The first-order valence-electron chi connectivity index (χ1n) is 9.82. The summed E-state index contributed by atoms with van der Waals surface area (Å²) >= 11 is 1.74. The van der Waals surface area contributed by atoms with Crippen LogP contribution in [0.3, 0.4) is 0 Å². The molecule has 5 heteroatoms. The second kappa shape index (κ2) is 7.63. The Morgan fingerprint density at radius 2 is 1.96 bits per heavy atom. The van der Waals surface area contributed by atoms with Crippen LogP contribution in [0.1, 0.15) is 39.0 Å². The summed E-state index contributed by atoms with van der Waals surface area (Å²) in [4.78, 5) is 41.2. The van der Waals surface area contributed by atoms with Crippen LogP contribution in [0.4, 0.5) is 0 Å². The smallest absolute Gasteiger partial charge is 0.223 e.